The van der Waals surface area contributed by atoms with E-state index in [9.17, 15) is 17.2 Å². The smallest absolute Gasteiger partial charge is 0.233 e. The number of sulfonamides is 1. The summed E-state index contributed by atoms with van der Waals surface area (Å²) < 4.78 is 50.9. The lowest BCUT2D eigenvalue weighted by Gasteiger charge is -2.08. The van der Waals surface area contributed by atoms with Crippen molar-refractivity contribution < 1.29 is 17.2 Å². The van der Waals surface area contributed by atoms with Crippen molar-refractivity contribution in [3.05, 3.63) is 29.8 Å². The van der Waals surface area contributed by atoms with Crippen molar-refractivity contribution in [1.29, 1.82) is 0 Å². The van der Waals surface area contributed by atoms with Gasteiger partial charge in [-0.05, 0) is 25.1 Å². The molecule has 0 spiro atoms. The van der Waals surface area contributed by atoms with E-state index in [-0.39, 0.29) is 11.4 Å². The van der Waals surface area contributed by atoms with Crippen LogP contribution in [0.4, 0.5) is 14.5 Å². The first-order valence-electron chi connectivity index (χ1n) is 5.61. The number of rotatable bonds is 7. The SMILES string of the molecule is CCCNCCS(=O)(=O)Nc1ccc(F)c(F)c1. The molecule has 1 aromatic carbocycles. The van der Waals surface area contributed by atoms with Gasteiger partial charge >= 0.3 is 0 Å². The third-order valence-corrected chi connectivity index (χ3v) is 3.46. The molecule has 0 bridgehead atoms. The summed E-state index contributed by atoms with van der Waals surface area (Å²) in [5, 5.41) is 2.94. The van der Waals surface area contributed by atoms with Gasteiger partial charge in [0, 0.05) is 12.6 Å². The second-order valence-corrected chi connectivity index (χ2v) is 5.64. The molecule has 0 fully saturated rings. The van der Waals surface area contributed by atoms with Gasteiger partial charge in [0.05, 0.1) is 11.4 Å². The fraction of sp³-hybridized carbons (Fsp3) is 0.455. The number of anilines is 1. The molecule has 7 heteroatoms. The van der Waals surface area contributed by atoms with Crippen LogP contribution < -0.4 is 10.0 Å². The van der Waals surface area contributed by atoms with E-state index < -0.39 is 21.7 Å². The number of nitrogens with one attached hydrogen (secondary N) is 2. The molecular weight excluding hydrogens is 262 g/mol. The van der Waals surface area contributed by atoms with Crippen LogP contribution in [-0.2, 0) is 10.0 Å². The fourth-order valence-electron chi connectivity index (χ4n) is 1.30. The van der Waals surface area contributed by atoms with Crippen LogP contribution in [0, 0.1) is 11.6 Å². The van der Waals surface area contributed by atoms with Gasteiger partial charge in [-0.2, -0.15) is 0 Å². The van der Waals surface area contributed by atoms with Gasteiger partial charge in [-0.3, -0.25) is 4.72 Å². The normalized spacial score (nSPS) is 11.5. The van der Waals surface area contributed by atoms with Crippen molar-refractivity contribution in [2.45, 2.75) is 13.3 Å². The Morgan fingerprint density at radius 3 is 2.50 bits per heavy atom. The zero-order chi connectivity index (χ0) is 13.6. The molecule has 0 unspecified atom stereocenters. The van der Waals surface area contributed by atoms with E-state index in [1.54, 1.807) is 0 Å². The molecular formula is C11H16F2N2O2S. The van der Waals surface area contributed by atoms with Gasteiger partial charge in [-0.15, -0.1) is 0 Å². The Morgan fingerprint density at radius 2 is 1.89 bits per heavy atom. The zero-order valence-corrected chi connectivity index (χ0v) is 10.9. The van der Waals surface area contributed by atoms with Crippen LogP contribution in [0.2, 0.25) is 0 Å². The Kier molecular flexibility index (Phi) is 5.49. The van der Waals surface area contributed by atoms with E-state index in [2.05, 4.69) is 10.0 Å². The minimum atomic E-state index is -3.55. The number of hydrogen-bond acceptors (Lipinski definition) is 3. The molecule has 102 valence electrons. The summed E-state index contributed by atoms with van der Waals surface area (Å²) in [6.45, 7) is 3.02. The lowest BCUT2D eigenvalue weighted by atomic mass is 10.3. The summed E-state index contributed by atoms with van der Waals surface area (Å²) >= 11 is 0. The van der Waals surface area contributed by atoms with Gasteiger partial charge in [0.2, 0.25) is 10.0 Å². The monoisotopic (exact) mass is 278 g/mol. The predicted octanol–water partition coefficient (Wildman–Crippen LogP) is 1.71. The van der Waals surface area contributed by atoms with E-state index in [1.807, 2.05) is 6.92 Å². The van der Waals surface area contributed by atoms with Gasteiger partial charge in [0.15, 0.2) is 11.6 Å². The van der Waals surface area contributed by atoms with Crippen LogP contribution in [0.3, 0.4) is 0 Å². The standard InChI is InChI=1S/C11H16F2N2O2S/c1-2-5-14-6-7-18(16,17)15-9-3-4-10(12)11(13)8-9/h3-4,8,14-15H,2,5-7H2,1H3. The Balaban J connectivity index is 2.56. The first kappa shape index (κ1) is 14.8. The van der Waals surface area contributed by atoms with E-state index in [4.69, 9.17) is 0 Å². The van der Waals surface area contributed by atoms with Crippen LogP contribution in [0.5, 0.6) is 0 Å². The zero-order valence-electron chi connectivity index (χ0n) is 10.0. The maximum Gasteiger partial charge on any atom is 0.233 e. The van der Waals surface area contributed by atoms with Crippen molar-refractivity contribution in [2.24, 2.45) is 0 Å². The van der Waals surface area contributed by atoms with E-state index in [0.29, 0.717) is 6.54 Å². The number of hydrogen-bond donors (Lipinski definition) is 2. The quantitative estimate of drug-likeness (QED) is 0.746. The molecule has 4 nitrogen and oxygen atoms in total. The second-order valence-electron chi connectivity index (χ2n) is 3.80. The third-order valence-electron chi connectivity index (χ3n) is 2.17. The minimum Gasteiger partial charge on any atom is -0.316 e. The van der Waals surface area contributed by atoms with Gasteiger partial charge < -0.3 is 5.32 Å². The number of halogens is 2. The van der Waals surface area contributed by atoms with Crippen molar-refractivity contribution in [1.82, 2.24) is 5.32 Å². The van der Waals surface area contributed by atoms with E-state index >= 15 is 0 Å². The fourth-order valence-corrected chi connectivity index (χ4v) is 2.30. The Bertz CT molecular complexity index is 492. The molecule has 1 aromatic rings. The van der Waals surface area contributed by atoms with Crippen molar-refractivity contribution in [3.63, 3.8) is 0 Å². The van der Waals surface area contributed by atoms with Crippen LogP contribution >= 0.6 is 0 Å². The van der Waals surface area contributed by atoms with E-state index in [0.717, 1.165) is 25.1 Å². The Labute approximate surface area is 105 Å². The van der Waals surface area contributed by atoms with Crippen LogP contribution in [-0.4, -0.2) is 27.3 Å². The Morgan fingerprint density at radius 1 is 1.17 bits per heavy atom. The predicted molar refractivity (Wildman–Crippen MR) is 66.9 cm³/mol. The summed E-state index contributed by atoms with van der Waals surface area (Å²) in [7, 11) is -3.55. The first-order valence-corrected chi connectivity index (χ1v) is 7.26. The average Bonchev–Trinajstić information content (AvgIpc) is 2.29. The van der Waals surface area contributed by atoms with Gasteiger partial charge in [0.25, 0.3) is 0 Å². The van der Waals surface area contributed by atoms with Crippen molar-refractivity contribution >= 4 is 15.7 Å². The molecule has 1 rings (SSSR count). The maximum atomic E-state index is 12.9. The largest absolute Gasteiger partial charge is 0.316 e. The lowest BCUT2D eigenvalue weighted by molar-refractivity contribution is 0.509. The topological polar surface area (TPSA) is 58.2 Å². The molecule has 0 radical (unpaired) electrons. The molecule has 0 aliphatic carbocycles. The molecule has 0 saturated heterocycles. The molecule has 0 aliphatic rings. The highest BCUT2D eigenvalue weighted by molar-refractivity contribution is 7.92. The summed E-state index contributed by atoms with van der Waals surface area (Å²) in [6.07, 6.45) is 0.913. The summed E-state index contributed by atoms with van der Waals surface area (Å²) in [5.74, 6) is -2.21. The molecule has 0 heterocycles. The van der Waals surface area contributed by atoms with Crippen molar-refractivity contribution in [2.75, 3.05) is 23.6 Å². The minimum absolute atomic E-state index is 0.0180. The summed E-state index contributed by atoms with van der Waals surface area (Å²) in [5.41, 5.74) is 0.0180. The van der Waals surface area contributed by atoms with Crippen molar-refractivity contribution in [3.8, 4) is 0 Å². The molecule has 0 aliphatic heterocycles. The Hall–Kier alpha value is -1.21. The van der Waals surface area contributed by atoms with Gasteiger partial charge in [-0.25, -0.2) is 17.2 Å². The third kappa shape index (κ3) is 4.97. The molecule has 18 heavy (non-hydrogen) atoms. The summed E-state index contributed by atoms with van der Waals surface area (Å²) in [4.78, 5) is 0. The molecule has 0 saturated carbocycles. The second kappa shape index (κ2) is 6.65. The van der Waals surface area contributed by atoms with Gasteiger partial charge in [-0.1, -0.05) is 6.92 Å². The van der Waals surface area contributed by atoms with Crippen LogP contribution in [0.15, 0.2) is 18.2 Å². The highest BCUT2D eigenvalue weighted by Crippen LogP contribution is 2.14. The lowest BCUT2D eigenvalue weighted by Crippen LogP contribution is -2.27. The highest BCUT2D eigenvalue weighted by Gasteiger charge is 2.11. The van der Waals surface area contributed by atoms with Gasteiger partial charge in [0.1, 0.15) is 0 Å². The van der Waals surface area contributed by atoms with Crippen LogP contribution in [0.25, 0.3) is 0 Å². The molecule has 0 aromatic heterocycles. The first-order chi connectivity index (χ1) is 8.44. The maximum absolute atomic E-state index is 12.9. The average molecular weight is 278 g/mol. The summed E-state index contributed by atoms with van der Waals surface area (Å²) in [6, 6.07) is 2.87. The number of benzene rings is 1. The molecule has 2 N–H and O–H groups in total. The molecule has 0 amide bonds. The highest BCUT2D eigenvalue weighted by atomic mass is 32.2. The molecule has 0 atom stereocenters. The van der Waals surface area contributed by atoms with Crippen LogP contribution in [0.1, 0.15) is 13.3 Å². The van der Waals surface area contributed by atoms with E-state index in [1.165, 1.54) is 6.07 Å².